The number of rotatable bonds is 3. The normalized spacial score (nSPS) is 16.8. The minimum Gasteiger partial charge on any atom is -0.384 e. The molecule has 0 amide bonds. The number of para-hydroxylation sites is 1. The molecule has 3 N–H and O–H groups in total. The molecular formula is C13H19N3O. The summed E-state index contributed by atoms with van der Waals surface area (Å²) in [5.74, 6) is 0.125. The van der Waals surface area contributed by atoms with Gasteiger partial charge in [0.25, 0.3) is 0 Å². The predicted octanol–water partition coefficient (Wildman–Crippen LogP) is 1.59. The van der Waals surface area contributed by atoms with Crippen molar-refractivity contribution < 1.29 is 4.74 Å². The van der Waals surface area contributed by atoms with E-state index < -0.39 is 0 Å². The van der Waals surface area contributed by atoms with Crippen molar-refractivity contribution in [3.05, 3.63) is 29.8 Å². The first-order chi connectivity index (χ1) is 8.20. The molecule has 0 unspecified atom stereocenters. The van der Waals surface area contributed by atoms with Crippen molar-refractivity contribution in [2.75, 3.05) is 25.2 Å². The van der Waals surface area contributed by atoms with Crippen LogP contribution in [0.4, 0.5) is 5.69 Å². The molecule has 1 fully saturated rings. The summed E-state index contributed by atoms with van der Waals surface area (Å²) in [6.07, 6.45) is 2.06. The molecule has 0 saturated carbocycles. The topological polar surface area (TPSA) is 62.3 Å². The second-order valence-electron chi connectivity index (χ2n) is 4.39. The molecule has 4 heteroatoms. The van der Waals surface area contributed by atoms with Crippen molar-refractivity contribution in [1.29, 1.82) is 5.41 Å². The van der Waals surface area contributed by atoms with Crippen molar-refractivity contribution in [2.45, 2.75) is 18.9 Å². The van der Waals surface area contributed by atoms with Crippen LogP contribution in [0.1, 0.15) is 18.4 Å². The fourth-order valence-electron chi connectivity index (χ4n) is 2.28. The van der Waals surface area contributed by atoms with Gasteiger partial charge in [0.05, 0.1) is 0 Å². The second kappa shape index (κ2) is 5.19. The molecule has 1 aromatic carbocycles. The van der Waals surface area contributed by atoms with Gasteiger partial charge in [-0.1, -0.05) is 12.1 Å². The number of benzene rings is 1. The highest BCUT2D eigenvalue weighted by atomic mass is 16.5. The summed E-state index contributed by atoms with van der Waals surface area (Å²) in [5.41, 5.74) is 7.45. The zero-order valence-electron chi connectivity index (χ0n) is 10.1. The quantitative estimate of drug-likeness (QED) is 0.615. The van der Waals surface area contributed by atoms with Crippen LogP contribution in [0.15, 0.2) is 24.3 Å². The summed E-state index contributed by atoms with van der Waals surface area (Å²) >= 11 is 0. The van der Waals surface area contributed by atoms with Gasteiger partial charge >= 0.3 is 0 Å². The maximum atomic E-state index is 7.61. The summed E-state index contributed by atoms with van der Waals surface area (Å²) in [7, 11) is 2.07. The van der Waals surface area contributed by atoms with Crippen molar-refractivity contribution in [2.24, 2.45) is 5.73 Å². The number of hydrogen-bond donors (Lipinski definition) is 2. The number of nitrogens with zero attached hydrogens (tertiary/aromatic N) is 1. The minimum atomic E-state index is 0.125. The SMILES string of the molecule is CN(c1ccccc1C(=N)N)C1CCOCC1. The fraction of sp³-hybridized carbons (Fsp3) is 0.462. The average molecular weight is 233 g/mol. The third kappa shape index (κ3) is 2.58. The van der Waals surface area contributed by atoms with Crippen LogP contribution in [-0.4, -0.2) is 32.1 Å². The van der Waals surface area contributed by atoms with E-state index in [-0.39, 0.29) is 5.84 Å². The summed E-state index contributed by atoms with van der Waals surface area (Å²) in [4.78, 5) is 2.22. The van der Waals surface area contributed by atoms with Gasteiger partial charge in [-0.05, 0) is 25.0 Å². The highest BCUT2D eigenvalue weighted by Gasteiger charge is 2.20. The molecule has 1 aliphatic rings. The average Bonchev–Trinajstić information content (AvgIpc) is 2.39. The van der Waals surface area contributed by atoms with Gasteiger partial charge < -0.3 is 15.4 Å². The smallest absolute Gasteiger partial charge is 0.124 e. The fourth-order valence-corrected chi connectivity index (χ4v) is 2.28. The molecule has 0 spiro atoms. The van der Waals surface area contributed by atoms with Gasteiger partial charge in [0.2, 0.25) is 0 Å². The first-order valence-electron chi connectivity index (χ1n) is 5.94. The number of nitrogens with one attached hydrogen (secondary N) is 1. The number of ether oxygens (including phenoxy) is 1. The van der Waals surface area contributed by atoms with Crippen LogP contribution in [0, 0.1) is 5.41 Å². The number of nitrogens with two attached hydrogens (primary N) is 1. The van der Waals surface area contributed by atoms with E-state index in [1.54, 1.807) is 0 Å². The lowest BCUT2D eigenvalue weighted by molar-refractivity contribution is 0.0855. The van der Waals surface area contributed by atoms with Crippen LogP contribution in [0.5, 0.6) is 0 Å². The summed E-state index contributed by atoms with van der Waals surface area (Å²) in [5, 5.41) is 7.61. The molecule has 17 heavy (non-hydrogen) atoms. The van der Waals surface area contributed by atoms with Crippen LogP contribution in [0.25, 0.3) is 0 Å². The second-order valence-corrected chi connectivity index (χ2v) is 4.39. The lowest BCUT2D eigenvalue weighted by Gasteiger charge is -2.34. The molecule has 0 bridgehead atoms. The molecule has 1 aromatic rings. The Morgan fingerprint density at radius 1 is 1.35 bits per heavy atom. The van der Waals surface area contributed by atoms with Crippen molar-refractivity contribution in [3.8, 4) is 0 Å². The number of hydrogen-bond acceptors (Lipinski definition) is 3. The standard InChI is InChI=1S/C13H19N3O/c1-16(10-6-8-17-9-7-10)12-5-3-2-4-11(12)13(14)15/h2-5,10H,6-9H2,1H3,(H3,14,15). The van der Waals surface area contributed by atoms with Crippen molar-refractivity contribution in [1.82, 2.24) is 0 Å². The van der Waals surface area contributed by atoms with E-state index in [1.807, 2.05) is 24.3 Å². The minimum absolute atomic E-state index is 0.125. The maximum Gasteiger partial charge on any atom is 0.124 e. The predicted molar refractivity (Wildman–Crippen MR) is 69.7 cm³/mol. The first kappa shape index (κ1) is 11.9. The van der Waals surface area contributed by atoms with Crippen LogP contribution >= 0.6 is 0 Å². The van der Waals surface area contributed by atoms with E-state index in [2.05, 4.69) is 11.9 Å². The van der Waals surface area contributed by atoms with E-state index in [9.17, 15) is 0 Å². The molecule has 0 aliphatic carbocycles. The molecule has 0 atom stereocenters. The lowest BCUT2D eigenvalue weighted by atomic mass is 10.0. The molecule has 2 rings (SSSR count). The largest absolute Gasteiger partial charge is 0.384 e. The first-order valence-corrected chi connectivity index (χ1v) is 5.94. The van der Waals surface area contributed by atoms with Crippen molar-refractivity contribution >= 4 is 11.5 Å². The Kier molecular flexibility index (Phi) is 3.64. The summed E-state index contributed by atoms with van der Waals surface area (Å²) < 4.78 is 5.37. The Hall–Kier alpha value is -1.55. The van der Waals surface area contributed by atoms with Gasteiger partial charge in [-0.25, -0.2) is 0 Å². The van der Waals surface area contributed by atoms with Crippen LogP contribution < -0.4 is 10.6 Å². The van der Waals surface area contributed by atoms with E-state index in [0.29, 0.717) is 6.04 Å². The highest BCUT2D eigenvalue weighted by Crippen LogP contribution is 2.24. The maximum absolute atomic E-state index is 7.61. The Labute approximate surface area is 102 Å². The zero-order chi connectivity index (χ0) is 12.3. The Bertz CT molecular complexity index is 399. The lowest BCUT2D eigenvalue weighted by Crippen LogP contribution is -2.37. The third-order valence-electron chi connectivity index (χ3n) is 3.31. The van der Waals surface area contributed by atoms with E-state index in [4.69, 9.17) is 15.9 Å². The van der Waals surface area contributed by atoms with Gasteiger partial charge in [0.15, 0.2) is 0 Å². The van der Waals surface area contributed by atoms with Gasteiger partial charge in [0, 0.05) is 37.6 Å². The van der Waals surface area contributed by atoms with Gasteiger partial charge in [-0.15, -0.1) is 0 Å². The Morgan fingerprint density at radius 3 is 2.65 bits per heavy atom. The van der Waals surface area contributed by atoms with Crippen LogP contribution in [0.3, 0.4) is 0 Å². The number of amidine groups is 1. The van der Waals surface area contributed by atoms with Crippen LogP contribution in [-0.2, 0) is 4.74 Å². The molecular weight excluding hydrogens is 214 g/mol. The van der Waals surface area contributed by atoms with Gasteiger partial charge in [-0.2, -0.15) is 0 Å². The molecule has 92 valence electrons. The summed E-state index contributed by atoms with van der Waals surface area (Å²) in [6, 6.07) is 8.29. The highest BCUT2D eigenvalue weighted by molar-refractivity contribution is 6.00. The van der Waals surface area contributed by atoms with Crippen molar-refractivity contribution in [3.63, 3.8) is 0 Å². The van der Waals surface area contributed by atoms with Gasteiger partial charge in [-0.3, -0.25) is 5.41 Å². The Balaban J connectivity index is 2.23. The van der Waals surface area contributed by atoms with E-state index in [1.165, 1.54) is 0 Å². The molecule has 1 saturated heterocycles. The monoisotopic (exact) mass is 233 g/mol. The summed E-state index contributed by atoms with van der Waals surface area (Å²) in [6.45, 7) is 1.63. The third-order valence-corrected chi connectivity index (χ3v) is 3.31. The molecule has 1 aliphatic heterocycles. The van der Waals surface area contributed by atoms with E-state index in [0.717, 1.165) is 37.3 Å². The Morgan fingerprint density at radius 2 is 2.00 bits per heavy atom. The number of anilines is 1. The van der Waals surface area contributed by atoms with E-state index >= 15 is 0 Å². The molecule has 1 heterocycles. The zero-order valence-corrected chi connectivity index (χ0v) is 10.1. The molecule has 0 aromatic heterocycles. The number of nitrogen functional groups attached to an aromatic ring is 1. The molecule has 4 nitrogen and oxygen atoms in total. The van der Waals surface area contributed by atoms with Crippen LogP contribution in [0.2, 0.25) is 0 Å². The molecule has 0 radical (unpaired) electrons. The van der Waals surface area contributed by atoms with Gasteiger partial charge in [0.1, 0.15) is 5.84 Å².